The first-order valence-electron chi connectivity index (χ1n) is 8.85. The number of benzene rings is 1. The molecular formula is C20H23N3O3S. The van der Waals surface area contributed by atoms with Gasteiger partial charge in [0.15, 0.2) is 6.10 Å². The predicted octanol–water partition coefficient (Wildman–Crippen LogP) is 4.31. The van der Waals surface area contributed by atoms with E-state index in [4.69, 9.17) is 9.26 Å². The molecule has 0 aliphatic rings. The molecule has 1 N–H and O–H groups in total. The van der Waals surface area contributed by atoms with Crippen LogP contribution in [-0.2, 0) is 11.3 Å². The van der Waals surface area contributed by atoms with Gasteiger partial charge in [-0.1, -0.05) is 37.2 Å². The normalized spacial score (nSPS) is 12.2. The number of hydrogen-bond donors (Lipinski definition) is 1. The molecule has 0 aliphatic heterocycles. The largest absolute Gasteiger partial charge is 0.481 e. The summed E-state index contributed by atoms with van der Waals surface area (Å²) < 4.78 is 11.1. The Hall–Kier alpha value is -2.67. The van der Waals surface area contributed by atoms with E-state index in [2.05, 4.69) is 29.3 Å². The molecule has 2 heterocycles. The van der Waals surface area contributed by atoms with Crippen LogP contribution < -0.4 is 10.1 Å². The summed E-state index contributed by atoms with van der Waals surface area (Å²) in [4.78, 5) is 17.6. The topological polar surface area (TPSA) is 77.2 Å². The summed E-state index contributed by atoms with van der Waals surface area (Å²) in [5, 5.41) is 8.66. The molecule has 3 aromatic rings. The van der Waals surface area contributed by atoms with Crippen molar-refractivity contribution in [1.29, 1.82) is 0 Å². The van der Waals surface area contributed by atoms with Crippen LogP contribution in [-0.4, -0.2) is 22.2 Å². The Labute approximate surface area is 162 Å². The molecule has 2 aromatic heterocycles. The average molecular weight is 385 g/mol. The van der Waals surface area contributed by atoms with E-state index in [1.807, 2.05) is 42.6 Å². The number of aromatic nitrogens is 2. The Morgan fingerprint density at radius 2 is 2.11 bits per heavy atom. The monoisotopic (exact) mass is 385 g/mol. The molecule has 0 radical (unpaired) electrons. The quantitative estimate of drug-likeness (QED) is 0.656. The molecule has 0 fully saturated rings. The molecular weight excluding hydrogens is 362 g/mol. The molecule has 6 nitrogen and oxygen atoms in total. The second-order valence-electron chi connectivity index (χ2n) is 6.66. The first-order chi connectivity index (χ1) is 12.9. The first-order valence-corrected chi connectivity index (χ1v) is 9.73. The van der Waals surface area contributed by atoms with Gasteiger partial charge < -0.3 is 14.6 Å². The van der Waals surface area contributed by atoms with Crippen LogP contribution in [0.15, 0.2) is 40.2 Å². The highest BCUT2D eigenvalue weighted by Gasteiger charge is 2.18. The number of carbonyl (C=O) groups excluding carboxylic acids is 1. The Kier molecular flexibility index (Phi) is 5.91. The Morgan fingerprint density at radius 3 is 2.81 bits per heavy atom. The number of hydrogen-bond acceptors (Lipinski definition) is 6. The van der Waals surface area contributed by atoms with Gasteiger partial charge in [0.05, 0.1) is 11.4 Å². The number of ether oxygens (including phenoxy) is 1. The van der Waals surface area contributed by atoms with Gasteiger partial charge >= 0.3 is 0 Å². The van der Waals surface area contributed by atoms with E-state index in [1.165, 1.54) is 11.3 Å². The zero-order chi connectivity index (χ0) is 19.4. The molecule has 0 aliphatic carbocycles. The van der Waals surface area contributed by atoms with Crippen LogP contribution >= 0.6 is 11.3 Å². The van der Waals surface area contributed by atoms with Gasteiger partial charge in [-0.3, -0.25) is 4.79 Å². The molecule has 1 amide bonds. The standard InChI is InChI=1S/C20H23N3O3S/c1-12(2)15-8-7-13(3)10-16(15)25-14(4)20(24)21-11-18-22-19(23-26-18)17-6-5-9-27-17/h5-10,12,14H,11H2,1-4H3,(H,21,24)/t14-/m0/s1. The minimum Gasteiger partial charge on any atom is -0.481 e. The molecule has 0 spiro atoms. The second-order valence-corrected chi connectivity index (χ2v) is 7.61. The van der Waals surface area contributed by atoms with Gasteiger partial charge in [0.25, 0.3) is 5.91 Å². The Bertz CT molecular complexity index is 903. The summed E-state index contributed by atoms with van der Waals surface area (Å²) in [6.45, 7) is 8.09. The van der Waals surface area contributed by atoms with E-state index in [0.29, 0.717) is 17.6 Å². The van der Waals surface area contributed by atoms with Gasteiger partial charge in [-0.15, -0.1) is 11.3 Å². The lowest BCUT2D eigenvalue weighted by atomic mass is 10.0. The summed E-state index contributed by atoms with van der Waals surface area (Å²) in [6.07, 6.45) is -0.635. The number of nitrogens with zero attached hydrogens (tertiary/aromatic N) is 2. The maximum Gasteiger partial charge on any atom is 0.261 e. The molecule has 7 heteroatoms. The molecule has 3 rings (SSSR count). The summed E-state index contributed by atoms with van der Waals surface area (Å²) in [5.74, 6) is 1.70. The van der Waals surface area contributed by atoms with E-state index in [-0.39, 0.29) is 12.5 Å². The number of carbonyl (C=O) groups is 1. The third-order valence-electron chi connectivity index (χ3n) is 4.09. The van der Waals surface area contributed by atoms with E-state index in [9.17, 15) is 4.79 Å². The number of amides is 1. The minimum absolute atomic E-state index is 0.162. The Balaban J connectivity index is 1.59. The lowest BCUT2D eigenvalue weighted by molar-refractivity contribution is -0.127. The van der Waals surface area contributed by atoms with Crippen LogP contribution in [0.3, 0.4) is 0 Å². The lowest BCUT2D eigenvalue weighted by Crippen LogP contribution is -2.36. The van der Waals surface area contributed by atoms with Gasteiger partial charge in [0.2, 0.25) is 11.7 Å². The highest BCUT2D eigenvalue weighted by Crippen LogP contribution is 2.28. The molecule has 27 heavy (non-hydrogen) atoms. The van der Waals surface area contributed by atoms with Crippen molar-refractivity contribution in [3.63, 3.8) is 0 Å². The Morgan fingerprint density at radius 1 is 1.30 bits per heavy atom. The third-order valence-corrected chi connectivity index (χ3v) is 4.95. The van der Waals surface area contributed by atoms with E-state index in [0.717, 1.165) is 21.8 Å². The molecule has 0 saturated carbocycles. The van der Waals surface area contributed by atoms with Crippen molar-refractivity contribution in [3.05, 3.63) is 52.7 Å². The highest BCUT2D eigenvalue weighted by molar-refractivity contribution is 7.13. The van der Waals surface area contributed by atoms with Gasteiger partial charge in [-0.2, -0.15) is 4.98 Å². The summed E-state index contributed by atoms with van der Waals surface area (Å²) in [7, 11) is 0. The van der Waals surface area contributed by atoms with Crippen LogP contribution in [0.1, 0.15) is 43.7 Å². The number of rotatable bonds is 7. The van der Waals surface area contributed by atoms with Gasteiger partial charge in [-0.05, 0) is 48.4 Å². The van der Waals surface area contributed by atoms with Crippen LogP contribution in [0.25, 0.3) is 10.7 Å². The fraction of sp³-hybridized carbons (Fsp3) is 0.350. The van der Waals surface area contributed by atoms with Crippen molar-refractivity contribution >= 4 is 17.2 Å². The maximum atomic E-state index is 12.4. The maximum absolute atomic E-state index is 12.4. The van der Waals surface area contributed by atoms with Gasteiger partial charge in [-0.25, -0.2) is 0 Å². The van der Waals surface area contributed by atoms with Crippen molar-refractivity contribution in [2.45, 2.75) is 46.3 Å². The van der Waals surface area contributed by atoms with Crippen molar-refractivity contribution < 1.29 is 14.1 Å². The van der Waals surface area contributed by atoms with Gasteiger partial charge in [0.1, 0.15) is 5.75 Å². The van der Waals surface area contributed by atoms with E-state index < -0.39 is 6.10 Å². The summed E-state index contributed by atoms with van der Waals surface area (Å²) in [6, 6.07) is 9.90. The van der Waals surface area contributed by atoms with Crippen LogP contribution in [0.2, 0.25) is 0 Å². The fourth-order valence-corrected chi connectivity index (χ4v) is 3.25. The van der Waals surface area contributed by atoms with E-state index >= 15 is 0 Å². The SMILES string of the molecule is Cc1ccc(C(C)C)c(O[C@@H](C)C(=O)NCc2nc(-c3cccs3)no2)c1. The fourth-order valence-electron chi connectivity index (χ4n) is 2.60. The van der Waals surface area contributed by atoms with Gasteiger partial charge in [0, 0.05) is 0 Å². The molecule has 0 unspecified atom stereocenters. The molecule has 0 bridgehead atoms. The number of thiophene rings is 1. The van der Waals surface area contributed by atoms with Crippen molar-refractivity contribution in [2.24, 2.45) is 0 Å². The molecule has 1 atom stereocenters. The first kappa shape index (κ1) is 19.1. The zero-order valence-corrected chi connectivity index (χ0v) is 16.7. The summed E-state index contributed by atoms with van der Waals surface area (Å²) in [5.41, 5.74) is 2.17. The van der Waals surface area contributed by atoms with Crippen molar-refractivity contribution in [2.75, 3.05) is 0 Å². The van der Waals surface area contributed by atoms with Crippen molar-refractivity contribution in [3.8, 4) is 16.5 Å². The number of nitrogens with one attached hydrogen (secondary N) is 1. The average Bonchev–Trinajstić information content (AvgIpc) is 3.30. The predicted molar refractivity (Wildman–Crippen MR) is 105 cm³/mol. The smallest absolute Gasteiger partial charge is 0.261 e. The van der Waals surface area contributed by atoms with Crippen LogP contribution in [0.4, 0.5) is 0 Å². The summed E-state index contributed by atoms with van der Waals surface area (Å²) >= 11 is 1.53. The molecule has 0 saturated heterocycles. The van der Waals surface area contributed by atoms with Crippen molar-refractivity contribution in [1.82, 2.24) is 15.5 Å². The van der Waals surface area contributed by atoms with E-state index in [1.54, 1.807) is 6.92 Å². The number of aryl methyl sites for hydroxylation is 1. The second kappa shape index (κ2) is 8.35. The highest BCUT2D eigenvalue weighted by atomic mass is 32.1. The van der Waals surface area contributed by atoms with Crippen LogP contribution in [0.5, 0.6) is 5.75 Å². The molecule has 1 aromatic carbocycles. The zero-order valence-electron chi connectivity index (χ0n) is 15.9. The third kappa shape index (κ3) is 4.74. The molecule has 142 valence electrons. The minimum atomic E-state index is -0.635. The van der Waals surface area contributed by atoms with Crippen LogP contribution in [0, 0.1) is 6.92 Å². The lowest BCUT2D eigenvalue weighted by Gasteiger charge is -2.19.